The van der Waals surface area contributed by atoms with Gasteiger partial charge in [-0.15, -0.1) is 0 Å². The molecular weight excluding hydrogens is 343 g/mol. The zero-order valence-electron chi connectivity index (χ0n) is 12.1. The molecule has 1 heterocycles. The van der Waals surface area contributed by atoms with Gasteiger partial charge in [0.05, 0.1) is 11.1 Å². The van der Waals surface area contributed by atoms with E-state index in [0.717, 1.165) is 13.1 Å². The average molecular weight is 364 g/mol. The SMILES string of the molecule is CNC(c1ccc(Br)c(Cl)c1F)C(C)(C)N1CCCC1. The predicted molar refractivity (Wildman–Crippen MR) is 85.8 cm³/mol. The predicted octanol–water partition coefficient (Wildman–Crippen LogP) is 4.38. The van der Waals surface area contributed by atoms with E-state index in [4.69, 9.17) is 11.6 Å². The fourth-order valence-corrected chi connectivity index (χ4v) is 3.61. The number of likely N-dealkylation sites (tertiary alicyclic amines) is 1. The topological polar surface area (TPSA) is 15.3 Å². The first-order chi connectivity index (χ1) is 9.39. The monoisotopic (exact) mass is 362 g/mol. The average Bonchev–Trinajstić information content (AvgIpc) is 2.94. The third-order valence-electron chi connectivity index (χ3n) is 4.29. The van der Waals surface area contributed by atoms with Gasteiger partial charge in [-0.1, -0.05) is 17.7 Å². The van der Waals surface area contributed by atoms with Crippen LogP contribution in [0.25, 0.3) is 0 Å². The highest BCUT2D eigenvalue weighted by Crippen LogP contribution is 2.37. The zero-order chi connectivity index (χ0) is 14.9. The fourth-order valence-electron chi connectivity index (χ4n) is 3.13. The molecule has 0 saturated carbocycles. The summed E-state index contributed by atoms with van der Waals surface area (Å²) in [6, 6.07) is 3.52. The van der Waals surface area contributed by atoms with Crippen LogP contribution in [0, 0.1) is 5.82 Å². The van der Waals surface area contributed by atoms with Crippen LogP contribution in [0.3, 0.4) is 0 Å². The van der Waals surface area contributed by atoms with Gasteiger partial charge in [0, 0.05) is 15.6 Å². The molecule has 1 saturated heterocycles. The Morgan fingerprint density at radius 3 is 2.50 bits per heavy atom. The summed E-state index contributed by atoms with van der Waals surface area (Å²) in [5, 5.41) is 3.42. The Kier molecular flexibility index (Phi) is 5.11. The second-order valence-electron chi connectivity index (χ2n) is 5.83. The van der Waals surface area contributed by atoms with Gasteiger partial charge in [0.1, 0.15) is 5.82 Å². The van der Waals surface area contributed by atoms with Gasteiger partial charge >= 0.3 is 0 Å². The fraction of sp³-hybridized carbons (Fsp3) is 0.600. The highest BCUT2D eigenvalue weighted by molar-refractivity contribution is 9.10. The molecule has 1 atom stereocenters. The Morgan fingerprint density at radius 1 is 1.35 bits per heavy atom. The van der Waals surface area contributed by atoms with Crippen LogP contribution in [0.5, 0.6) is 0 Å². The van der Waals surface area contributed by atoms with Gasteiger partial charge in [-0.2, -0.15) is 0 Å². The van der Waals surface area contributed by atoms with Crippen LogP contribution in [0.15, 0.2) is 16.6 Å². The van der Waals surface area contributed by atoms with Gasteiger partial charge in [0.25, 0.3) is 0 Å². The Hall–Kier alpha value is -0.160. The lowest BCUT2D eigenvalue weighted by molar-refractivity contribution is 0.109. The number of nitrogens with zero attached hydrogens (tertiary/aromatic N) is 1. The van der Waals surface area contributed by atoms with E-state index < -0.39 is 0 Å². The summed E-state index contributed by atoms with van der Waals surface area (Å²) >= 11 is 9.30. The molecule has 0 amide bonds. The van der Waals surface area contributed by atoms with Gasteiger partial charge in [-0.3, -0.25) is 4.90 Å². The van der Waals surface area contributed by atoms with Crippen molar-refractivity contribution in [3.63, 3.8) is 0 Å². The van der Waals surface area contributed by atoms with Crippen LogP contribution < -0.4 is 5.32 Å². The lowest BCUT2D eigenvalue weighted by Crippen LogP contribution is -2.51. The maximum Gasteiger partial charge on any atom is 0.147 e. The van der Waals surface area contributed by atoms with Crippen molar-refractivity contribution in [1.82, 2.24) is 10.2 Å². The van der Waals surface area contributed by atoms with E-state index in [1.807, 2.05) is 19.2 Å². The Balaban J connectivity index is 2.39. The van der Waals surface area contributed by atoms with Gasteiger partial charge in [-0.05, 0) is 68.8 Å². The molecule has 1 unspecified atom stereocenters. The smallest absolute Gasteiger partial charge is 0.147 e. The lowest BCUT2D eigenvalue weighted by Gasteiger charge is -2.42. The molecule has 1 fully saturated rings. The van der Waals surface area contributed by atoms with Crippen LogP contribution in [0.2, 0.25) is 5.02 Å². The molecule has 2 nitrogen and oxygen atoms in total. The molecule has 0 spiro atoms. The normalized spacial score (nSPS) is 18.5. The van der Waals surface area contributed by atoms with Gasteiger partial charge < -0.3 is 5.32 Å². The van der Waals surface area contributed by atoms with Crippen LogP contribution in [-0.2, 0) is 0 Å². The van der Waals surface area contributed by atoms with Crippen molar-refractivity contribution >= 4 is 27.5 Å². The van der Waals surface area contributed by atoms with Crippen LogP contribution in [0.1, 0.15) is 38.3 Å². The van der Waals surface area contributed by atoms with Crippen molar-refractivity contribution < 1.29 is 4.39 Å². The molecule has 20 heavy (non-hydrogen) atoms. The Morgan fingerprint density at radius 2 is 1.95 bits per heavy atom. The minimum Gasteiger partial charge on any atom is -0.311 e. The molecule has 1 aliphatic rings. The van der Waals surface area contributed by atoms with E-state index in [9.17, 15) is 4.39 Å². The summed E-state index contributed by atoms with van der Waals surface area (Å²) in [5.74, 6) is -0.340. The summed E-state index contributed by atoms with van der Waals surface area (Å²) in [6.07, 6.45) is 2.42. The number of nitrogens with one attached hydrogen (secondary N) is 1. The number of hydrogen-bond donors (Lipinski definition) is 1. The lowest BCUT2D eigenvalue weighted by atomic mass is 9.87. The number of rotatable bonds is 4. The molecule has 5 heteroatoms. The first-order valence-corrected chi connectivity index (χ1v) is 8.12. The minimum absolute atomic E-state index is 0.105. The number of benzene rings is 1. The largest absolute Gasteiger partial charge is 0.311 e. The van der Waals surface area contributed by atoms with E-state index in [-0.39, 0.29) is 22.4 Å². The van der Waals surface area contributed by atoms with Crippen LogP contribution in [-0.4, -0.2) is 30.6 Å². The number of hydrogen-bond acceptors (Lipinski definition) is 2. The summed E-state index contributed by atoms with van der Waals surface area (Å²) < 4.78 is 15.1. The van der Waals surface area contributed by atoms with Crippen molar-refractivity contribution in [2.75, 3.05) is 20.1 Å². The molecule has 1 aromatic carbocycles. The molecule has 1 N–H and O–H groups in total. The zero-order valence-corrected chi connectivity index (χ0v) is 14.5. The molecule has 0 aromatic heterocycles. The maximum atomic E-state index is 14.5. The first kappa shape index (κ1) is 16.2. The number of halogens is 3. The van der Waals surface area contributed by atoms with Crippen molar-refractivity contribution in [2.45, 2.75) is 38.3 Å². The summed E-state index contributed by atoms with van der Waals surface area (Å²) in [4.78, 5) is 2.42. The summed E-state index contributed by atoms with van der Waals surface area (Å²) in [6.45, 7) is 6.46. The van der Waals surface area contributed by atoms with Crippen LogP contribution in [0.4, 0.5) is 4.39 Å². The third-order valence-corrected chi connectivity index (χ3v) is 5.55. The standard InChI is InChI=1S/C15H21BrClFN2/c1-15(2,20-8-4-5-9-20)14(19-3)10-6-7-11(16)12(17)13(10)18/h6-7,14,19H,4-5,8-9H2,1-3H3. The molecule has 1 aliphatic heterocycles. The minimum atomic E-state index is -0.340. The quantitative estimate of drug-likeness (QED) is 0.799. The second kappa shape index (κ2) is 6.30. The Labute approximate surface area is 133 Å². The molecule has 0 aliphatic carbocycles. The van der Waals surface area contributed by atoms with E-state index >= 15 is 0 Å². The van der Waals surface area contributed by atoms with Crippen molar-refractivity contribution in [1.29, 1.82) is 0 Å². The van der Waals surface area contributed by atoms with Crippen molar-refractivity contribution in [3.05, 3.63) is 33.0 Å². The van der Waals surface area contributed by atoms with E-state index in [1.165, 1.54) is 12.8 Å². The van der Waals surface area contributed by atoms with Crippen LogP contribution >= 0.6 is 27.5 Å². The molecule has 112 valence electrons. The molecule has 0 radical (unpaired) electrons. The van der Waals surface area contributed by atoms with E-state index in [2.05, 4.69) is 40.0 Å². The highest BCUT2D eigenvalue weighted by Gasteiger charge is 2.38. The van der Waals surface area contributed by atoms with E-state index in [1.54, 1.807) is 0 Å². The first-order valence-electron chi connectivity index (χ1n) is 6.95. The summed E-state index contributed by atoms with van der Waals surface area (Å²) in [7, 11) is 1.87. The van der Waals surface area contributed by atoms with Crippen molar-refractivity contribution in [3.8, 4) is 0 Å². The van der Waals surface area contributed by atoms with Gasteiger partial charge in [0.15, 0.2) is 0 Å². The second-order valence-corrected chi connectivity index (χ2v) is 7.07. The Bertz CT molecular complexity index is 487. The highest BCUT2D eigenvalue weighted by atomic mass is 79.9. The van der Waals surface area contributed by atoms with Gasteiger partial charge in [-0.25, -0.2) is 4.39 Å². The molecule has 1 aromatic rings. The third kappa shape index (κ3) is 2.89. The molecular formula is C15H21BrClFN2. The molecule has 2 rings (SSSR count). The molecule has 0 bridgehead atoms. The van der Waals surface area contributed by atoms with E-state index in [0.29, 0.717) is 10.0 Å². The van der Waals surface area contributed by atoms with Gasteiger partial charge in [0.2, 0.25) is 0 Å². The van der Waals surface area contributed by atoms with Crippen molar-refractivity contribution in [2.24, 2.45) is 0 Å². The maximum absolute atomic E-state index is 14.5. The summed E-state index contributed by atoms with van der Waals surface area (Å²) in [5.41, 5.74) is 0.459. The number of likely N-dealkylation sites (N-methyl/N-ethyl adjacent to an activating group) is 1.